The number of rotatable bonds is 7. The van der Waals surface area contributed by atoms with Crippen LogP contribution in [0.3, 0.4) is 0 Å². The molecule has 3 amide bonds. The number of amides is 3. The van der Waals surface area contributed by atoms with Gasteiger partial charge in [0.2, 0.25) is 11.8 Å². The van der Waals surface area contributed by atoms with Crippen LogP contribution in [-0.4, -0.2) is 48.8 Å². The van der Waals surface area contributed by atoms with Crippen LogP contribution in [0.5, 0.6) is 0 Å². The molecule has 1 aliphatic carbocycles. The Morgan fingerprint density at radius 3 is 2.42 bits per heavy atom. The molecule has 1 heterocycles. The number of nitrogens with zero attached hydrogens (tertiary/aromatic N) is 2. The lowest BCUT2D eigenvalue weighted by Crippen LogP contribution is -2.38. The lowest BCUT2D eigenvalue weighted by molar-refractivity contribution is -0.135. The predicted molar refractivity (Wildman–Crippen MR) is 138 cm³/mol. The van der Waals surface area contributed by atoms with Gasteiger partial charge in [0.15, 0.2) is 0 Å². The van der Waals surface area contributed by atoms with Gasteiger partial charge in [-0.1, -0.05) is 31.9 Å². The number of halogens is 1. The molecule has 36 heavy (non-hydrogen) atoms. The van der Waals surface area contributed by atoms with E-state index in [1.54, 1.807) is 25.1 Å². The van der Waals surface area contributed by atoms with Gasteiger partial charge in [-0.05, 0) is 55.2 Å². The molecule has 2 N–H and O–H groups in total. The summed E-state index contributed by atoms with van der Waals surface area (Å²) in [6, 6.07) is 11.4. The van der Waals surface area contributed by atoms with Gasteiger partial charge in [-0.15, -0.1) is 0 Å². The van der Waals surface area contributed by atoms with Gasteiger partial charge in [0.1, 0.15) is 5.82 Å². The molecular weight excluding hydrogens is 459 g/mol. The summed E-state index contributed by atoms with van der Waals surface area (Å²) >= 11 is 0. The molecule has 1 aliphatic heterocycles. The van der Waals surface area contributed by atoms with E-state index in [0.717, 1.165) is 56.4 Å². The highest BCUT2D eigenvalue weighted by Crippen LogP contribution is 2.29. The fraction of sp³-hybridized carbons (Fsp3) is 0.464. The highest BCUT2D eigenvalue weighted by Gasteiger charge is 2.29. The molecule has 0 bridgehead atoms. The van der Waals surface area contributed by atoms with Crippen molar-refractivity contribution in [2.45, 2.75) is 52.0 Å². The lowest BCUT2D eigenvalue weighted by Gasteiger charge is -2.27. The molecule has 4 rings (SSSR count). The van der Waals surface area contributed by atoms with Gasteiger partial charge < -0.3 is 20.4 Å². The van der Waals surface area contributed by atoms with Crippen LogP contribution in [0.15, 0.2) is 42.5 Å². The molecule has 1 saturated carbocycles. The molecule has 0 spiro atoms. The van der Waals surface area contributed by atoms with Gasteiger partial charge in [-0.25, -0.2) is 4.39 Å². The van der Waals surface area contributed by atoms with Gasteiger partial charge in [0, 0.05) is 56.4 Å². The topological polar surface area (TPSA) is 81.8 Å². The minimum absolute atomic E-state index is 0.128. The monoisotopic (exact) mass is 494 g/mol. The molecule has 0 radical (unpaired) electrons. The SMILES string of the molecule is CCC(=O)Nc1ccc(N2CCCN(C(=O)C3CCCC3)CC2)c(C(=O)NCc2ccc(F)cc2)c1. The number of anilines is 2. The standard InChI is InChI=1S/C28H35FN4O3/c1-2-26(34)31-23-12-13-25(24(18-23)27(35)30-19-20-8-10-22(29)11-9-20)32-14-5-15-33(17-16-32)28(36)21-6-3-4-7-21/h8-13,18,21H,2-7,14-17,19H2,1H3,(H,30,35)(H,31,34). The first-order chi connectivity index (χ1) is 17.4. The highest BCUT2D eigenvalue weighted by atomic mass is 19.1. The van der Waals surface area contributed by atoms with Crippen molar-refractivity contribution in [3.8, 4) is 0 Å². The molecule has 2 fully saturated rings. The number of carbonyl (C=O) groups is 3. The molecule has 8 heteroatoms. The van der Waals surface area contributed by atoms with Gasteiger partial charge in [-0.2, -0.15) is 0 Å². The predicted octanol–water partition coefficient (Wildman–Crippen LogP) is 4.33. The van der Waals surface area contributed by atoms with Crippen molar-refractivity contribution >= 4 is 29.1 Å². The van der Waals surface area contributed by atoms with Crippen molar-refractivity contribution in [2.75, 3.05) is 36.4 Å². The summed E-state index contributed by atoms with van der Waals surface area (Å²) in [6.07, 6.45) is 5.40. The summed E-state index contributed by atoms with van der Waals surface area (Å²) in [6.45, 7) is 4.75. The smallest absolute Gasteiger partial charge is 0.253 e. The van der Waals surface area contributed by atoms with Crippen LogP contribution in [0.25, 0.3) is 0 Å². The quantitative estimate of drug-likeness (QED) is 0.600. The lowest BCUT2D eigenvalue weighted by atomic mass is 10.1. The van der Waals surface area contributed by atoms with Crippen molar-refractivity contribution in [3.63, 3.8) is 0 Å². The van der Waals surface area contributed by atoms with E-state index in [-0.39, 0.29) is 36.0 Å². The largest absolute Gasteiger partial charge is 0.369 e. The van der Waals surface area contributed by atoms with E-state index >= 15 is 0 Å². The van der Waals surface area contributed by atoms with Crippen molar-refractivity contribution in [3.05, 3.63) is 59.4 Å². The third kappa shape index (κ3) is 6.42. The molecule has 2 aliphatic rings. The zero-order valence-electron chi connectivity index (χ0n) is 20.9. The summed E-state index contributed by atoms with van der Waals surface area (Å²) in [7, 11) is 0. The molecule has 2 aromatic carbocycles. The average molecular weight is 495 g/mol. The van der Waals surface area contributed by atoms with Crippen LogP contribution < -0.4 is 15.5 Å². The van der Waals surface area contributed by atoms with Gasteiger partial charge in [0.05, 0.1) is 5.56 Å². The van der Waals surface area contributed by atoms with Crippen LogP contribution in [-0.2, 0) is 16.1 Å². The normalized spacial score (nSPS) is 16.5. The van der Waals surface area contributed by atoms with Crippen molar-refractivity contribution in [1.82, 2.24) is 10.2 Å². The van der Waals surface area contributed by atoms with Crippen LogP contribution >= 0.6 is 0 Å². The summed E-state index contributed by atoms with van der Waals surface area (Å²) in [4.78, 5) is 42.4. The maximum atomic E-state index is 13.3. The maximum absolute atomic E-state index is 13.3. The van der Waals surface area contributed by atoms with Crippen LogP contribution in [0, 0.1) is 11.7 Å². The second-order valence-electron chi connectivity index (χ2n) is 9.59. The average Bonchev–Trinajstić information content (AvgIpc) is 3.32. The minimum Gasteiger partial charge on any atom is -0.369 e. The first-order valence-electron chi connectivity index (χ1n) is 12.9. The Morgan fingerprint density at radius 1 is 0.944 bits per heavy atom. The molecular formula is C28H35FN4O3. The first-order valence-corrected chi connectivity index (χ1v) is 12.9. The van der Waals surface area contributed by atoms with Crippen LogP contribution in [0.1, 0.15) is 61.4 Å². The summed E-state index contributed by atoms with van der Waals surface area (Å²) in [5.74, 6) is -0.301. The molecule has 0 unspecified atom stereocenters. The van der Waals surface area contributed by atoms with Crippen LogP contribution in [0.2, 0.25) is 0 Å². The van der Waals surface area contributed by atoms with Crippen molar-refractivity contribution in [1.29, 1.82) is 0 Å². The maximum Gasteiger partial charge on any atom is 0.253 e. The van der Waals surface area contributed by atoms with Crippen molar-refractivity contribution < 1.29 is 18.8 Å². The highest BCUT2D eigenvalue weighted by molar-refractivity contribution is 6.02. The van der Waals surface area contributed by atoms with E-state index in [1.165, 1.54) is 12.1 Å². The molecule has 2 aromatic rings. The Hall–Kier alpha value is -3.42. The second kappa shape index (κ2) is 12.0. The van der Waals surface area contributed by atoms with E-state index in [1.807, 2.05) is 17.0 Å². The molecule has 0 aromatic heterocycles. The zero-order chi connectivity index (χ0) is 25.5. The van der Waals surface area contributed by atoms with Gasteiger partial charge in [-0.3, -0.25) is 14.4 Å². The second-order valence-corrected chi connectivity index (χ2v) is 9.59. The third-order valence-corrected chi connectivity index (χ3v) is 7.07. The number of benzene rings is 2. The Labute approximate surface area is 212 Å². The number of hydrogen-bond acceptors (Lipinski definition) is 4. The van der Waals surface area contributed by atoms with Crippen molar-refractivity contribution in [2.24, 2.45) is 5.92 Å². The number of hydrogen-bond donors (Lipinski definition) is 2. The van der Waals surface area contributed by atoms with E-state index in [2.05, 4.69) is 15.5 Å². The van der Waals surface area contributed by atoms with E-state index < -0.39 is 0 Å². The Kier molecular flexibility index (Phi) is 8.57. The molecule has 1 saturated heterocycles. The van der Waals surface area contributed by atoms with Gasteiger partial charge >= 0.3 is 0 Å². The Morgan fingerprint density at radius 2 is 1.69 bits per heavy atom. The number of carbonyl (C=O) groups excluding carboxylic acids is 3. The number of nitrogens with one attached hydrogen (secondary N) is 2. The fourth-order valence-corrected chi connectivity index (χ4v) is 5.01. The zero-order valence-corrected chi connectivity index (χ0v) is 20.9. The van der Waals surface area contributed by atoms with Crippen LogP contribution in [0.4, 0.5) is 15.8 Å². The van der Waals surface area contributed by atoms with E-state index in [0.29, 0.717) is 30.8 Å². The van der Waals surface area contributed by atoms with E-state index in [4.69, 9.17) is 0 Å². The molecule has 7 nitrogen and oxygen atoms in total. The summed E-state index contributed by atoms with van der Waals surface area (Å²) in [5, 5.41) is 5.75. The minimum atomic E-state index is -0.326. The Bertz CT molecular complexity index is 1080. The molecule has 192 valence electrons. The fourth-order valence-electron chi connectivity index (χ4n) is 5.01. The van der Waals surface area contributed by atoms with Gasteiger partial charge in [0.25, 0.3) is 5.91 Å². The first kappa shape index (κ1) is 25.7. The molecule has 0 atom stereocenters. The third-order valence-electron chi connectivity index (χ3n) is 7.07. The summed E-state index contributed by atoms with van der Waals surface area (Å²) in [5.41, 5.74) is 2.58. The Balaban J connectivity index is 1.51. The summed E-state index contributed by atoms with van der Waals surface area (Å²) < 4.78 is 13.2. The van der Waals surface area contributed by atoms with E-state index in [9.17, 15) is 18.8 Å².